The molecule has 2 aliphatic heterocycles. The van der Waals surface area contributed by atoms with E-state index in [1.807, 2.05) is 20.8 Å². The molecule has 5 heterocycles. The van der Waals surface area contributed by atoms with Crippen LogP contribution in [0.25, 0.3) is 44.4 Å². The van der Waals surface area contributed by atoms with Crippen LogP contribution in [0.3, 0.4) is 0 Å². The average Bonchev–Trinajstić information content (AvgIpc) is 3.77. The summed E-state index contributed by atoms with van der Waals surface area (Å²) in [6, 6.07) is 0. The summed E-state index contributed by atoms with van der Waals surface area (Å²) in [4.78, 5) is 64.3. The third-order valence-corrected chi connectivity index (χ3v) is 12.3. The normalized spacial score (nSPS) is 12.9. The molecule has 0 spiro atoms. The monoisotopic (exact) mass is 952 g/mol. The second kappa shape index (κ2) is 15.2. The fourth-order valence-corrected chi connectivity index (χ4v) is 9.40. The van der Waals surface area contributed by atoms with Crippen LogP contribution in [0.1, 0.15) is 91.0 Å². The van der Waals surface area contributed by atoms with Crippen molar-refractivity contribution in [3.05, 3.63) is 62.9 Å². The van der Waals surface area contributed by atoms with Gasteiger partial charge in [0.15, 0.2) is 0 Å². The predicted molar refractivity (Wildman–Crippen MR) is 207 cm³/mol. The Hall–Kier alpha value is -3.60. The molecular formula is C35H32Br4N4O8. The molecule has 0 aliphatic carbocycles. The average molecular weight is 956 g/mol. The largest absolute Gasteiger partial charge is 0.481 e. The third-order valence-electron chi connectivity index (χ3n) is 9.20. The van der Waals surface area contributed by atoms with Gasteiger partial charge in [0.2, 0.25) is 0 Å². The summed E-state index contributed by atoms with van der Waals surface area (Å²) in [6.07, 6.45) is -0.337. The fourth-order valence-electron chi connectivity index (χ4n) is 6.50. The summed E-state index contributed by atoms with van der Waals surface area (Å²) in [5.41, 5.74) is 9.37. The van der Waals surface area contributed by atoms with Crippen LogP contribution in [0.5, 0.6) is 0 Å². The first-order valence-corrected chi connectivity index (χ1v) is 18.9. The molecule has 0 amide bonds. The van der Waals surface area contributed by atoms with E-state index in [1.54, 1.807) is 6.92 Å². The standard InChI is InChI=1S/C35H32Br4N4O8/c1-12-16(5-8-20(44)45)32-25(37)29-13(2)17(6-9-21(46)47)33(41-29)26(38)30-14(3)18(7-10-22(48)49)34(42-30)27(39)35-19(11-23(50)51)15(4)31(43-35)24(36)28(12)40-32/h41-42H,5-11H2,1-4H3,(H,44,45)(H,46,47)(H,48,49)(H,50,51). The van der Waals surface area contributed by atoms with E-state index in [4.69, 9.17) is 9.97 Å². The maximum absolute atomic E-state index is 12.2. The minimum absolute atomic E-state index is 0.150. The fraction of sp³-hybridized carbons (Fsp3) is 0.314. The minimum atomic E-state index is -1.07. The number of aliphatic carboxylic acids is 4. The molecule has 0 saturated carbocycles. The zero-order valence-electron chi connectivity index (χ0n) is 27.8. The number of nitrogens with one attached hydrogen (secondary N) is 2. The van der Waals surface area contributed by atoms with Crippen LogP contribution in [0.2, 0.25) is 0 Å². The molecule has 0 fully saturated rings. The van der Waals surface area contributed by atoms with Crippen molar-refractivity contribution in [1.82, 2.24) is 19.9 Å². The number of hydrogen-bond acceptors (Lipinski definition) is 6. The van der Waals surface area contributed by atoms with Crippen LogP contribution in [0, 0.1) is 13.8 Å². The van der Waals surface area contributed by atoms with Crippen LogP contribution in [-0.4, -0.2) is 64.2 Å². The number of carbonyl (C=O) groups is 4. The van der Waals surface area contributed by atoms with Gasteiger partial charge in [-0.15, -0.1) is 0 Å². The Morgan fingerprint density at radius 1 is 0.510 bits per heavy atom. The van der Waals surface area contributed by atoms with E-state index in [1.165, 1.54) is 0 Å². The highest BCUT2D eigenvalue weighted by Gasteiger charge is 2.29. The van der Waals surface area contributed by atoms with Gasteiger partial charge in [-0.3, -0.25) is 19.2 Å². The number of carboxylic acid groups (broad SMARTS) is 4. The number of fused-ring (bicyclic) bond motifs is 8. The SMILES string of the molecule is CC1=C(CCC(=O)O)c2nc1c(Br)c1nc(c(Br)c3[nH]c(c(C)c3CCC(=O)O)c(Br)c3[nH]c(c(C)c3CCC(=O)O)c2Br)C(CC(=O)O)=C1C. The zero-order chi connectivity index (χ0) is 37.6. The highest BCUT2D eigenvalue weighted by atomic mass is 79.9. The van der Waals surface area contributed by atoms with Gasteiger partial charge in [-0.1, -0.05) is 0 Å². The highest BCUT2D eigenvalue weighted by molar-refractivity contribution is 9.11. The van der Waals surface area contributed by atoms with Crippen LogP contribution < -0.4 is 0 Å². The first-order valence-electron chi connectivity index (χ1n) is 15.7. The Bertz CT molecular complexity index is 2300. The molecule has 16 heteroatoms. The second-order valence-corrected chi connectivity index (χ2v) is 15.5. The molecule has 0 saturated heterocycles. The van der Waals surface area contributed by atoms with Crippen molar-refractivity contribution in [3.63, 3.8) is 0 Å². The van der Waals surface area contributed by atoms with Gasteiger partial charge in [0, 0.05) is 19.3 Å². The summed E-state index contributed by atoms with van der Waals surface area (Å²) in [5, 5.41) is 38.8. The minimum Gasteiger partial charge on any atom is -0.481 e. The van der Waals surface area contributed by atoms with Gasteiger partial charge in [-0.05, 0) is 155 Å². The Labute approximate surface area is 325 Å². The molecule has 2 aliphatic rings. The lowest BCUT2D eigenvalue weighted by Gasteiger charge is -2.06. The van der Waals surface area contributed by atoms with E-state index >= 15 is 0 Å². The maximum Gasteiger partial charge on any atom is 0.307 e. The van der Waals surface area contributed by atoms with Crippen molar-refractivity contribution >= 4 is 132 Å². The lowest BCUT2D eigenvalue weighted by molar-refractivity contribution is -0.138. The highest BCUT2D eigenvalue weighted by Crippen LogP contribution is 2.46. The number of rotatable bonds is 11. The third kappa shape index (κ3) is 7.37. The number of halogens is 4. The molecule has 6 N–H and O–H groups in total. The molecule has 3 aromatic heterocycles. The molecule has 0 aromatic carbocycles. The van der Waals surface area contributed by atoms with Gasteiger partial charge in [-0.25, -0.2) is 9.97 Å². The van der Waals surface area contributed by atoms with Crippen molar-refractivity contribution in [2.24, 2.45) is 0 Å². The molecule has 5 rings (SSSR count). The van der Waals surface area contributed by atoms with E-state index in [9.17, 15) is 39.6 Å². The molecule has 0 atom stereocenters. The predicted octanol–water partition coefficient (Wildman–Crippen LogP) is 9.22. The van der Waals surface area contributed by atoms with Gasteiger partial charge < -0.3 is 30.4 Å². The number of nitrogens with zero attached hydrogens (tertiary/aromatic N) is 2. The van der Waals surface area contributed by atoms with Crippen LogP contribution in [0.15, 0.2) is 17.9 Å². The molecule has 51 heavy (non-hydrogen) atoms. The number of aryl methyl sites for hydroxylation is 4. The van der Waals surface area contributed by atoms with Gasteiger partial charge >= 0.3 is 23.9 Å². The molecule has 0 radical (unpaired) electrons. The summed E-state index contributed by atoms with van der Waals surface area (Å²) < 4.78 is 1.99. The van der Waals surface area contributed by atoms with E-state index in [-0.39, 0.29) is 44.9 Å². The van der Waals surface area contributed by atoms with Crippen LogP contribution >= 0.6 is 63.7 Å². The molecule has 3 aromatic rings. The molecule has 8 bridgehead atoms. The topological polar surface area (TPSA) is 207 Å². The maximum atomic E-state index is 12.2. The molecule has 12 nitrogen and oxygen atoms in total. The summed E-state index contributed by atoms with van der Waals surface area (Å²) in [7, 11) is 0. The van der Waals surface area contributed by atoms with E-state index in [2.05, 4.69) is 73.7 Å². The van der Waals surface area contributed by atoms with Gasteiger partial charge in [0.05, 0.1) is 69.2 Å². The van der Waals surface area contributed by atoms with E-state index in [0.717, 1.165) is 16.7 Å². The summed E-state index contributed by atoms with van der Waals surface area (Å²) >= 11 is 15.0. The van der Waals surface area contributed by atoms with Gasteiger partial charge in [0.25, 0.3) is 0 Å². The zero-order valence-corrected chi connectivity index (χ0v) is 34.1. The van der Waals surface area contributed by atoms with Gasteiger partial charge in [-0.2, -0.15) is 0 Å². The van der Waals surface area contributed by atoms with Crippen molar-refractivity contribution in [1.29, 1.82) is 0 Å². The summed E-state index contributed by atoms with van der Waals surface area (Å²) in [5.74, 6) is -4.02. The quantitative estimate of drug-likeness (QED) is 0.107. The second-order valence-electron chi connectivity index (χ2n) is 12.3. The van der Waals surface area contributed by atoms with E-state index < -0.39 is 23.9 Å². The van der Waals surface area contributed by atoms with Crippen LogP contribution in [-0.2, 0) is 32.0 Å². The van der Waals surface area contributed by atoms with Crippen molar-refractivity contribution in [2.75, 3.05) is 0 Å². The number of allylic oxidation sites excluding steroid dienone is 3. The lowest BCUT2D eigenvalue weighted by atomic mass is 9.99. The first kappa shape index (κ1) is 38.6. The Morgan fingerprint density at radius 2 is 0.902 bits per heavy atom. The van der Waals surface area contributed by atoms with Crippen molar-refractivity contribution < 1.29 is 39.6 Å². The lowest BCUT2D eigenvalue weighted by Crippen LogP contribution is -1.99. The van der Waals surface area contributed by atoms with Crippen LogP contribution in [0.4, 0.5) is 0 Å². The van der Waals surface area contributed by atoms with Gasteiger partial charge in [0.1, 0.15) is 0 Å². The number of aromatic nitrogens is 4. The first-order chi connectivity index (χ1) is 23.9. The molecule has 268 valence electrons. The molecule has 0 unspecified atom stereocenters. The Morgan fingerprint density at radius 3 is 1.37 bits per heavy atom. The Balaban J connectivity index is 2.08. The summed E-state index contributed by atoms with van der Waals surface area (Å²) in [6.45, 7) is 7.33. The number of hydrogen-bond donors (Lipinski definition) is 6. The Kier molecular flexibility index (Phi) is 11.5. The van der Waals surface area contributed by atoms with E-state index in [0.29, 0.717) is 90.6 Å². The molecular weight excluding hydrogens is 924 g/mol. The number of carboxylic acids is 4. The van der Waals surface area contributed by atoms with Crippen molar-refractivity contribution in [3.8, 4) is 0 Å². The smallest absolute Gasteiger partial charge is 0.307 e. The number of H-pyrrole nitrogens is 2. The van der Waals surface area contributed by atoms with Crippen molar-refractivity contribution in [2.45, 2.75) is 72.6 Å². The number of aromatic amines is 2.